The molecule has 7 nitrogen and oxygen atoms in total. The van der Waals surface area contributed by atoms with Crippen LogP contribution in [0.5, 0.6) is 0 Å². The van der Waals surface area contributed by atoms with Gasteiger partial charge < -0.3 is 13.8 Å². The first kappa shape index (κ1) is 16.0. The molecule has 1 amide bonds. The largest absolute Gasteiger partial charge is 0.409 e. The van der Waals surface area contributed by atoms with Crippen LogP contribution in [-0.4, -0.2) is 45.0 Å². The van der Waals surface area contributed by atoms with Crippen molar-refractivity contribution in [3.63, 3.8) is 0 Å². The summed E-state index contributed by atoms with van der Waals surface area (Å²) in [5, 5.41) is 12.1. The summed E-state index contributed by atoms with van der Waals surface area (Å²) in [6.07, 6.45) is 1.18. The molecule has 1 saturated heterocycles. The summed E-state index contributed by atoms with van der Waals surface area (Å²) in [4.78, 5) is 14.3. The average molecular weight is 336 g/mol. The molecular formula is C15H20N4O3S. The van der Waals surface area contributed by atoms with Gasteiger partial charge in [0.2, 0.25) is 5.91 Å². The lowest BCUT2D eigenvalue weighted by Crippen LogP contribution is -2.43. The van der Waals surface area contributed by atoms with Gasteiger partial charge in [0.05, 0.1) is 5.75 Å². The van der Waals surface area contributed by atoms with Crippen LogP contribution in [-0.2, 0) is 4.79 Å². The molecule has 2 atom stereocenters. The summed E-state index contributed by atoms with van der Waals surface area (Å²) in [7, 11) is 0. The first-order valence-corrected chi connectivity index (χ1v) is 8.67. The lowest BCUT2D eigenvalue weighted by Gasteiger charge is -2.34. The lowest BCUT2D eigenvalue weighted by molar-refractivity contribution is -0.130. The number of hydrogen-bond acceptors (Lipinski definition) is 7. The van der Waals surface area contributed by atoms with Crippen LogP contribution in [0.4, 0.5) is 0 Å². The second kappa shape index (κ2) is 6.74. The fraction of sp³-hybridized carbons (Fsp3) is 0.600. The number of aromatic nitrogens is 3. The molecule has 0 saturated carbocycles. The van der Waals surface area contributed by atoms with Gasteiger partial charge in [0.15, 0.2) is 5.69 Å². The monoisotopic (exact) mass is 336 g/mol. The molecule has 1 fully saturated rings. The number of piperidine rings is 1. The predicted octanol–water partition coefficient (Wildman–Crippen LogP) is 2.63. The Morgan fingerprint density at radius 1 is 1.35 bits per heavy atom. The number of hydrogen-bond donors (Lipinski definition) is 0. The van der Waals surface area contributed by atoms with E-state index in [-0.39, 0.29) is 5.91 Å². The molecule has 1 aliphatic rings. The van der Waals surface area contributed by atoms with Crippen molar-refractivity contribution >= 4 is 17.7 Å². The number of nitrogens with zero attached hydrogens (tertiary/aromatic N) is 4. The van der Waals surface area contributed by atoms with Crippen molar-refractivity contribution < 1.29 is 13.7 Å². The third kappa shape index (κ3) is 3.93. The molecule has 0 bridgehead atoms. The zero-order valence-corrected chi connectivity index (χ0v) is 14.3. The number of amides is 1. The normalized spacial score (nSPS) is 21.6. The molecule has 3 heterocycles. The summed E-state index contributed by atoms with van der Waals surface area (Å²) in [5.41, 5.74) is 0.506. The van der Waals surface area contributed by atoms with E-state index in [1.165, 1.54) is 18.2 Å². The Balaban J connectivity index is 1.56. The standard InChI is InChI=1S/C15H20N4O3S/c1-9-4-10(2)7-19(6-9)13(20)8-23-15-17-16-14(21-15)12-5-11(3)22-18-12/h5,9-10H,4,6-8H2,1-3H3. The number of aryl methyl sites for hydroxylation is 1. The minimum atomic E-state index is 0.116. The number of likely N-dealkylation sites (tertiary alicyclic amines) is 1. The second-order valence-electron chi connectivity index (χ2n) is 6.23. The number of rotatable bonds is 4. The fourth-order valence-electron chi connectivity index (χ4n) is 2.92. The highest BCUT2D eigenvalue weighted by Gasteiger charge is 2.25. The highest BCUT2D eigenvalue weighted by molar-refractivity contribution is 7.99. The van der Waals surface area contributed by atoms with Gasteiger partial charge in [0.1, 0.15) is 5.76 Å². The van der Waals surface area contributed by atoms with Crippen LogP contribution in [0.15, 0.2) is 20.2 Å². The Labute approximate surface area is 138 Å². The summed E-state index contributed by atoms with van der Waals surface area (Å²) < 4.78 is 10.5. The molecule has 8 heteroatoms. The van der Waals surface area contributed by atoms with Crippen LogP contribution in [0.25, 0.3) is 11.6 Å². The van der Waals surface area contributed by atoms with Gasteiger partial charge in [-0.05, 0) is 25.2 Å². The van der Waals surface area contributed by atoms with Crippen molar-refractivity contribution in [1.29, 1.82) is 0 Å². The number of carbonyl (C=O) groups is 1. The van der Waals surface area contributed by atoms with Crippen molar-refractivity contribution in [2.24, 2.45) is 11.8 Å². The summed E-state index contributed by atoms with van der Waals surface area (Å²) in [6, 6.07) is 1.73. The average Bonchev–Trinajstić information content (AvgIpc) is 3.12. The van der Waals surface area contributed by atoms with Crippen LogP contribution >= 0.6 is 11.8 Å². The highest BCUT2D eigenvalue weighted by atomic mass is 32.2. The molecule has 2 aromatic rings. The summed E-state index contributed by atoms with van der Waals surface area (Å²) in [5.74, 6) is 2.51. The first-order chi connectivity index (χ1) is 11.0. The minimum absolute atomic E-state index is 0.116. The fourth-order valence-corrected chi connectivity index (χ4v) is 3.59. The maximum absolute atomic E-state index is 12.3. The molecule has 23 heavy (non-hydrogen) atoms. The maximum atomic E-state index is 12.3. The van der Waals surface area contributed by atoms with Gasteiger partial charge >= 0.3 is 0 Å². The first-order valence-electron chi connectivity index (χ1n) is 7.69. The van der Waals surface area contributed by atoms with E-state index >= 15 is 0 Å². The summed E-state index contributed by atoms with van der Waals surface area (Å²) in [6.45, 7) is 7.83. The third-order valence-electron chi connectivity index (χ3n) is 3.79. The molecule has 0 N–H and O–H groups in total. The van der Waals surface area contributed by atoms with Crippen LogP contribution in [0.3, 0.4) is 0 Å². The van der Waals surface area contributed by atoms with E-state index in [0.29, 0.717) is 40.2 Å². The van der Waals surface area contributed by atoms with E-state index in [9.17, 15) is 4.79 Å². The Kier molecular flexibility index (Phi) is 4.70. The van der Waals surface area contributed by atoms with E-state index < -0.39 is 0 Å². The van der Waals surface area contributed by atoms with E-state index in [0.717, 1.165) is 13.1 Å². The summed E-state index contributed by atoms with van der Waals surface area (Å²) >= 11 is 1.26. The zero-order chi connectivity index (χ0) is 16.4. The second-order valence-corrected chi connectivity index (χ2v) is 7.16. The van der Waals surface area contributed by atoms with Gasteiger partial charge in [-0.15, -0.1) is 10.2 Å². The highest BCUT2D eigenvalue weighted by Crippen LogP contribution is 2.25. The van der Waals surface area contributed by atoms with E-state index in [2.05, 4.69) is 29.2 Å². The van der Waals surface area contributed by atoms with Crippen LogP contribution in [0, 0.1) is 18.8 Å². The van der Waals surface area contributed by atoms with Crippen molar-refractivity contribution in [2.75, 3.05) is 18.8 Å². The van der Waals surface area contributed by atoms with Gasteiger partial charge in [-0.1, -0.05) is 30.8 Å². The van der Waals surface area contributed by atoms with Crippen molar-refractivity contribution in [1.82, 2.24) is 20.3 Å². The Morgan fingerprint density at radius 2 is 2.09 bits per heavy atom. The molecule has 0 spiro atoms. The van der Waals surface area contributed by atoms with Crippen molar-refractivity contribution in [3.8, 4) is 11.6 Å². The van der Waals surface area contributed by atoms with Crippen molar-refractivity contribution in [3.05, 3.63) is 11.8 Å². The van der Waals surface area contributed by atoms with Gasteiger partial charge in [0, 0.05) is 19.2 Å². The topological polar surface area (TPSA) is 85.3 Å². The minimum Gasteiger partial charge on any atom is -0.409 e. The van der Waals surface area contributed by atoms with E-state index in [1.807, 2.05) is 4.90 Å². The third-order valence-corrected chi connectivity index (χ3v) is 4.60. The Bertz CT molecular complexity index is 674. The molecule has 124 valence electrons. The van der Waals surface area contributed by atoms with Crippen LogP contribution in [0.1, 0.15) is 26.0 Å². The molecule has 0 aromatic carbocycles. The Hall–Kier alpha value is -1.83. The van der Waals surface area contributed by atoms with E-state index in [4.69, 9.17) is 8.94 Å². The molecule has 1 aliphatic heterocycles. The molecular weight excluding hydrogens is 316 g/mol. The predicted molar refractivity (Wildman–Crippen MR) is 84.8 cm³/mol. The van der Waals surface area contributed by atoms with Crippen LogP contribution in [0.2, 0.25) is 0 Å². The molecule has 2 unspecified atom stereocenters. The SMILES string of the molecule is Cc1cc(-c2nnc(SCC(=O)N3CC(C)CC(C)C3)o2)no1. The number of carbonyl (C=O) groups excluding carboxylic acids is 1. The van der Waals surface area contributed by atoms with Crippen molar-refractivity contribution in [2.45, 2.75) is 32.4 Å². The molecule has 3 rings (SSSR count). The number of thioether (sulfide) groups is 1. The smallest absolute Gasteiger partial charge is 0.277 e. The van der Waals surface area contributed by atoms with E-state index in [1.54, 1.807) is 13.0 Å². The molecule has 2 aromatic heterocycles. The van der Waals surface area contributed by atoms with Gasteiger partial charge in [-0.2, -0.15) is 0 Å². The maximum Gasteiger partial charge on any atom is 0.277 e. The lowest BCUT2D eigenvalue weighted by atomic mass is 9.92. The van der Waals surface area contributed by atoms with Gasteiger partial charge in [-0.25, -0.2) is 0 Å². The quantitative estimate of drug-likeness (QED) is 0.793. The van der Waals surface area contributed by atoms with Gasteiger partial charge in [-0.3, -0.25) is 4.79 Å². The molecule has 0 aliphatic carbocycles. The van der Waals surface area contributed by atoms with Gasteiger partial charge in [0.25, 0.3) is 11.1 Å². The van der Waals surface area contributed by atoms with Crippen LogP contribution < -0.4 is 0 Å². The Morgan fingerprint density at radius 3 is 2.74 bits per heavy atom. The zero-order valence-electron chi connectivity index (χ0n) is 13.5. The molecule has 0 radical (unpaired) electrons.